The first-order valence-electron chi connectivity index (χ1n) is 4.34. The van der Waals surface area contributed by atoms with Crippen molar-refractivity contribution in [3.8, 4) is 0 Å². The highest BCUT2D eigenvalue weighted by Gasteiger charge is 2.07. The zero-order valence-corrected chi connectivity index (χ0v) is 7.81. The van der Waals surface area contributed by atoms with Gasteiger partial charge in [-0.25, -0.2) is 8.78 Å². The van der Waals surface area contributed by atoms with Crippen molar-refractivity contribution < 1.29 is 13.6 Å². The second kappa shape index (κ2) is 4.69. The van der Waals surface area contributed by atoms with Crippen molar-refractivity contribution >= 4 is 5.91 Å². The molecule has 76 valence electrons. The first-order chi connectivity index (χ1) is 6.65. The molecule has 0 aromatic heterocycles. The van der Waals surface area contributed by atoms with E-state index in [2.05, 4.69) is 5.32 Å². The number of nitrogens with one attached hydrogen (secondary N) is 1. The molecule has 0 saturated heterocycles. The lowest BCUT2D eigenvalue weighted by Gasteiger charge is -2.04. The van der Waals surface area contributed by atoms with Crippen LogP contribution in [0.3, 0.4) is 0 Å². The lowest BCUT2D eigenvalue weighted by Crippen LogP contribution is -2.22. The molecule has 0 saturated carbocycles. The Balaban J connectivity index is 2.68. The Hall–Kier alpha value is -1.45. The van der Waals surface area contributed by atoms with Gasteiger partial charge >= 0.3 is 0 Å². The molecule has 1 rings (SSSR count). The van der Waals surface area contributed by atoms with E-state index in [0.717, 1.165) is 6.07 Å². The van der Waals surface area contributed by atoms with E-state index in [1.807, 2.05) is 0 Å². The molecule has 0 heterocycles. The number of benzene rings is 1. The van der Waals surface area contributed by atoms with Gasteiger partial charge in [-0.1, -0.05) is 19.1 Å². The van der Waals surface area contributed by atoms with Crippen LogP contribution in [0.5, 0.6) is 0 Å². The molecule has 0 radical (unpaired) electrons. The fourth-order valence-electron chi connectivity index (χ4n) is 1.00. The van der Waals surface area contributed by atoms with Crippen LogP contribution in [-0.4, -0.2) is 5.91 Å². The van der Waals surface area contributed by atoms with Gasteiger partial charge in [-0.3, -0.25) is 4.79 Å². The maximum atomic E-state index is 13.0. The largest absolute Gasteiger partial charge is 0.352 e. The van der Waals surface area contributed by atoms with E-state index in [1.165, 1.54) is 12.1 Å². The highest BCUT2D eigenvalue weighted by Crippen LogP contribution is 2.10. The van der Waals surface area contributed by atoms with E-state index in [4.69, 9.17) is 0 Å². The van der Waals surface area contributed by atoms with Crippen LogP contribution >= 0.6 is 0 Å². The van der Waals surface area contributed by atoms with E-state index in [0.29, 0.717) is 6.42 Å². The maximum absolute atomic E-state index is 13.0. The molecule has 1 aromatic rings. The quantitative estimate of drug-likeness (QED) is 0.792. The fraction of sp³-hybridized carbons (Fsp3) is 0.300. The van der Waals surface area contributed by atoms with Crippen molar-refractivity contribution in [1.82, 2.24) is 5.32 Å². The van der Waals surface area contributed by atoms with Gasteiger partial charge in [0.05, 0.1) is 0 Å². The molecule has 0 aliphatic carbocycles. The molecule has 0 atom stereocenters. The fourth-order valence-corrected chi connectivity index (χ4v) is 1.00. The van der Waals surface area contributed by atoms with Crippen LogP contribution in [0.2, 0.25) is 0 Å². The Bertz CT molecular complexity index is 339. The molecule has 2 nitrogen and oxygen atoms in total. The van der Waals surface area contributed by atoms with Crippen molar-refractivity contribution in [3.63, 3.8) is 0 Å². The molecular formula is C10H11F2NO. The summed E-state index contributed by atoms with van der Waals surface area (Å²) in [6.45, 7) is 1.72. The Morgan fingerprint density at radius 1 is 1.43 bits per heavy atom. The molecule has 4 heteroatoms. The average molecular weight is 199 g/mol. The maximum Gasteiger partial charge on any atom is 0.219 e. The van der Waals surface area contributed by atoms with Gasteiger partial charge in [0.25, 0.3) is 0 Å². The molecule has 1 N–H and O–H groups in total. The summed E-state index contributed by atoms with van der Waals surface area (Å²) in [6.07, 6.45) is 0.330. The van der Waals surface area contributed by atoms with Crippen molar-refractivity contribution in [2.24, 2.45) is 0 Å². The monoisotopic (exact) mass is 199 g/mol. The van der Waals surface area contributed by atoms with E-state index in [-0.39, 0.29) is 18.0 Å². The summed E-state index contributed by atoms with van der Waals surface area (Å²) in [6, 6.07) is 3.89. The minimum absolute atomic E-state index is 0.0241. The van der Waals surface area contributed by atoms with Gasteiger partial charge in [0.2, 0.25) is 5.91 Å². The first-order valence-corrected chi connectivity index (χ1v) is 4.34. The van der Waals surface area contributed by atoms with Gasteiger partial charge in [0.1, 0.15) is 0 Å². The predicted molar refractivity (Wildman–Crippen MR) is 48.5 cm³/mol. The molecule has 0 fully saturated rings. The van der Waals surface area contributed by atoms with Crippen LogP contribution in [0, 0.1) is 11.6 Å². The molecule has 14 heavy (non-hydrogen) atoms. The Morgan fingerprint density at radius 3 is 2.79 bits per heavy atom. The molecular weight excluding hydrogens is 188 g/mol. The van der Waals surface area contributed by atoms with Gasteiger partial charge in [-0.2, -0.15) is 0 Å². The van der Waals surface area contributed by atoms with E-state index >= 15 is 0 Å². The van der Waals surface area contributed by atoms with E-state index in [1.54, 1.807) is 6.92 Å². The summed E-state index contributed by atoms with van der Waals surface area (Å²) in [4.78, 5) is 10.9. The number of carbonyl (C=O) groups is 1. The second-order valence-corrected chi connectivity index (χ2v) is 2.84. The van der Waals surface area contributed by atoms with Crippen molar-refractivity contribution in [3.05, 3.63) is 35.4 Å². The average Bonchev–Trinajstić information content (AvgIpc) is 2.20. The minimum Gasteiger partial charge on any atom is -0.352 e. The summed E-state index contributed by atoms with van der Waals surface area (Å²) in [5.41, 5.74) is 0.159. The second-order valence-electron chi connectivity index (χ2n) is 2.84. The molecule has 1 amide bonds. The van der Waals surface area contributed by atoms with Crippen molar-refractivity contribution in [2.45, 2.75) is 19.9 Å². The molecule has 0 aliphatic rings. The van der Waals surface area contributed by atoms with Crippen LogP contribution in [0.15, 0.2) is 18.2 Å². The summed E-state index contributed by atoms with van der Waals surface area (Å²) >= 11 is 0. The van der Waals surface area contributed by atoms with Crippen molar-refractivity contribution in [1.29, 1.82) is 0 Å². The topological polar surface area (TPSA) is 29.1 Å². The van der Waals surface area contributed by atoms with Crippen LogP contribution in [0.25, 0.3) is 0 Å². The Morgan fingerprint density at radius 2 is 2.14 bits per heavy atom. The van der Waals surface area contributed by atoms with Gasteiger partial charge in [-0.15, -0.1) is 0 Å². The zero-order chi connectivity index (χ0) is 10.6. The lowest BCUT2D eigenvalue weighted by molar-refractivity contribution is -0.120. The van der Waals surface area contributed by atoms with Crippen molar-refractivity contribution in [2.75, 3.05) is 0 Å². The molecule has 0 unspecified atom stereocenters. The Kier molecular flexibility index (Phi) is 3.56. The van der Waals surface area contributed by atoms with Crippen LogP contribution in [0.1, 0.15) is 18.9 Å². The molecule has 0 spiro atoms. The highest BCUT2D eigenvalue weighted by atomic mass is 19.2. The third-order valence-corrected chi connectivity index (χ3v) is 1.83. The highest BCUT2D eigenvalue weighted by molar-refractivity contribution is 5.75. The van der Waals surface area contributed by atoms with E-state index in [9.17, 15) is 13.6 Å². The van der Waals surface area contributed by atoms with Gasteiger partial charge < -0.3 is 5.32 Å². The van der Waals surface area contributed by atoms with Crippen LogP contribution in [0.4, 0.5) is 8.78 Å². The van der Waals surface area contributed by atoms with Gasteiger partial charge in [0.15, 0.2) is 11.6 Å². The summed E-state index contributed by atoms with van der Waals surface area (Å²) in [5.74, 6) is -1.98. The summed E-state index contributed by atoms with van der Waals surface area (Å²) in [5, 5.41) is 2.47. The third kappa shape index (κ3) is 2.52. The van der Waals surface area contributed by atoms with Crippen LogP contribution in [-0.2, 0) is 11.3 Å². The van der Waals surface area contributed by atoms with E-state index < -0.39 is 11.6 Å². The van der Waals surface area contributed by atoms with Gasteiger partial charge in [0, 0.05) is 18.5 Å². The SMILES string of the molecule is CCC(=O)NCc1cccc(F)c1F. The first kappa shape index (κ1) is 10.6. The minimum atomic E-state index is -0.899. The number of rotatable bonds is 3. The Labute approximate surface area is 80.9 Å². The summed E-state index contributed by atoms with van der Waals surface area (Å²) < 4.78 is 25.7. The smallest absolute Gasteiger partial charge is 0.219 e. The lowest BCUT2D eigenvalue weighted by atomic mass is 10.2. The number of halogens is 2. The molecule has 1 aromatic carbocycles. The number of hydrogen-bond acceptors (Lipinski definition) is 1. The number of hydrogen-bond donors (Lipinski definition) is 1. The van der Waals surface area contributed by atoms with Gasteiger partial charge in [-0.05, 0) is 6.07 Å². The zero-order valence-electron chi connectivity index (χ0n) is 7.81. The number of carbonyl (C=O) groups excluding carboxylic acids is 1. The van der Waals surface area contributed by atoms with Crippen LogP contribution < -0.4 is 5.32 Å². The molecule has 0 bridgehead atoms. The third-order valence-electron chi connectivity index (χ3n) is 1.83. The normalized spacial score (nSPS) is 9.93. The number of amides is 1. The standard InChI is InChI=1S/C10H11F2NO/c1-2-9(14)13-6-7-4-3-5-8(11)10(7)12/h3-5H,2,6H2,1H3,(H,13,14). The summed E-state index contributed by atoms with van der Waals surface area (Å²) in [7, 11) is 0. The predicted octanol–water partition coefficient (Wildman–Crippen LogP) is 1.99. The molecule has 0 aliphatic heterocycles.